The molecule has 2 atom stereocenters. The minimum Gasteiger partial charge on any atom is -0.508 e. The van der Waals surface area contributed by atoms with Crippen molar-refractivity contribution in [2.45, 2.75) is 62.6 Å². The summed E-state index contributed by atoms with van der Waals surface area (Å²) in [6.07, 6.45) is 13.0. The number of rotatable bonds is 5. The number of amides is 1. The average molecular weight is 583 g/mol. The molecule has 2 aromatic carbocycles. The molecule has 6 heterocycles. The van der Waals surface area contributed by atoms with Gasteiger partial charge < -0.3 is 25.0 Å². The Bertz CT molecular complexity index is 1670. The van der Waals surface area contributed by atoms with Crippen molar-refractivity contribution in [2.75, 3.05) is 49.1 Å². The van der Waals surface area contributed by atoms with Crippen LogP contribution in [0.5, 0.6) is 11.8 Å². The number of hydrogen-bond acceptors (Lipinski definition) is 8. The van der Waals surface area contributed by atoms with E-state index in [2.05, 4.69) is 21.0 Å². The van der Waals surface area contributed by atoms with Crippen LogP contribution in [0.4, 0.5) is 15.9 Å². The number of nitrogens with zero attached hydrogens (tertiary/aromatic N) is 5. The van der Waals surface area contributed by atoms with Crippen molar-refractivity contribution in [1.82, 2.24) is 20.2 Å². The second kappa shape index (κ2) is 10.1. The van der Waals surface area contributed by atoms with Crippen LogP contribution in [-0.2, 0) is 6.42 Å². The largest absolute Gasteiger partial charge is 0.508 e. The molecule has 3 aromatic rings. The molecule has 9 nitrogen and oxygen atoms in total. The first-order valence-electron chi connectivity index (χ1n) is 15.5. The molecular formula is C33H35FN6O3. The van der Waals surface area contributed by atoms with E-state index in [9.17, 15) is 14.3 Å². The lowest BCUT2D eigenvalue weighted by molar-refractivity contribution is 0.0964. The molecule has 1 amide bonds. The molecule has 10 heteroatoms. The number of hydrogen-bond donors (Lipinski definition) is 2. The monoisotopic (exact) mass is 582 g/mol. The van der Waals surface area contributed by atoms with Gasteiger partial charge in [-0.05, 0) is 75.6 Å². The standard InChI is InChI=1S/C33H35FN6O3/c1-2-24-26(34)8-5-20-15-23(41)16-27(28(20)24)40-14-9-25-29(31(40)42)36-32(43-19-33-10-3-12-39(33)13-4-11-33)37-30(25)38-17-21-6-7-22(18-38)35-21/h1,5,8,15-16,21-22,35,41H,3-4,6-7,9-14,17-19H2/t21-,22+. The number of aromatic hydroxyl groups is 1. The Balaban J connectivity index is 1.20. The molecule has 2 bridgehead atoms. The number of phenols is 1. The highest BCUT2D eigenvalue weighted by Crippen LogP contribution is 2.41. The van der Waals surface area contributed by atoms with Gasteiger partial charge in [-0.15, -0.1) is 6.42 Å². The van der Waals surface area contributed by atoms with Crippen LogP contribution in [0, 0.1) is 18.2 Å². The molecule has 8 rings (SSSR count). The van der Waals surface area contributed by atoms with Gasteiger partial charge in [0.25, 0.3) is 5.91 Å². The quantitative estimate of drug-likeness (QED) is 0.441. The fraction of sp³-hybridized carbons (Fsp3) is 0.485. The predicted octanol–water partition coefficient (Wildman–Crippen LogP) is 3.61. The number of nitrogens with one attached hydrogen (secondary N) is 1. The van der Waals surface area contributed by atoms with Crippen molar-refractivity contribution in [2.24, 2.45) is 0 Å². The smallest absolute Gasteiger partial charge is 0.319 e. The third-order valence-corrected chi connectivity index (χ3v) is 10.3. The van der Waals surface area contributed by atoms with Crippen molar-refractivity contribution in [1.29, 1.82) is 0 Å². The summed E-state index contributed by atoms with van der Waals surface area (Å²) < 4.78 is 21.2. The fourth-order valence-corrected chi connectivity index (χ4v) is 8.25. The van der Waals surface area contributed by atoms with E-state index in [1.54, 1.807) is 11.0 Å². The average Bonchev–Trinajstić information content (AvgIpc) is 3.69. The highest BCUT2D eigenvalue weighted by molar-refractivity contribution is 6.13. The maximum absolute atomic E-state index is 14.8. The zero-order valence-corrected chi connectivity index (χ0v) is 24.1. The number of piperazine rings is 1. The highest BCUT2D eigenvalue weighted by Gasteiger charge is 2.45. The second-order valence-electron chi connectivity index (χ2n) is 12.7. The van der Waals surface area contributed by atoms with Gasteiger partial charge in [-0.2, -0.15) is 9.97 Å². The van der Waals surface area contributed by atoms with Gasteiger partial charge in [-0.3, -0.25) is 9.69 Å². The number of ether oxygens (including phenoxy) is 1. The Labute approximate surface area is 250 Å². The Morgan fingerprint density at radius 1 is 1.12 bits per heavy atom. The molecule has 1 aromatic heterocycles. The van der Waals surface area contributed by atoms with Crippen molar-refractivity contribution in [3.05, 3.63) is 46.9 Å². The molecule has 222 valence electrons. The molecule has 0 aliphatic carbocycles. The lowest BCUT2D eigenvalue weighted by Gasteiger charge is -2.37. The summed E-state index contributed by atoms with van der Waals surface area (Å²) in [6, 6.07) is 6.87. The number of aromatic nitrogens is 2. The van der Waals surface area contributed by atoms with Crippen LogP contribution < -0.4 is 19.9 Å². The van der Waals surface area contributed by atoms with Crippen LogP contribution in [0.25, 0.3) is 10.8 Å². The van der Waals surface area contributed by atoms with Gasteiger partial charge in [0.15, 0.2) is 0 Å². The molecule has 5 aliphatic heterocycles. The van der Waals surface area contributed by atoms with Crippen LogP contribution in [0.1, 0.15) is 60.1 Å². The molecule has 2 N–H and O–H groups in total. The van der Waals surface area contributed by atoms with Crippen molar-refractivity contribution in [3.8, 4) is 24.1 Å². The Morgan fingerprint density at radius 3 is 2.63 bits per heavy atom. The van der Waals surface area contributed by atoms with E-state index >= 15 is 0 Å². The molecule has 0 saturated carbocycles. The first kappa shape index (κ1) is 26.7. The Kier molecular flexibility index (Phi) is 6.24. The van der Waals surface area contributed by atoms with Gasteiger partial charge >= 0.3 is 6.01 Å². The fourth-order valence-electron chi connectivity index (χ4n) is 8.25. The molecule has 0 spiro atoms. The van der Waals surface area contributed by atoms with E-state index in [1.807, 2.05) is 0 Å². The van der Waals surface area contributed by atoms with Crippen LogP contribution in [0.15, 0.2) is 24.3 Å². The minimum absolute atomic E-state index is 0.0137. The summed E-state index contributed by atoms with van der Waals surface area (Å²) in [5, 5.41) is 15.2. The van der Waals surface area contributed by atoms with Gasteiger partial charge in [0.05, 0.1) is 16.8 Å². The van der Waals surface area contributed by atoms with E-state index in [4.69, 9.17) is 21.1 Å². The summed E-state index contributed by atoms with van der Waals surface area (Å²) in [4.78, 5) is 30.4. The first-order chi connectivity index (χ1) is 20.9. The van der Waals surface area contributed by atoms with Gasteiger partial charge in [0, 0.05) is 48.7 Å². The molecule has 4 saturated heterocycles. The summed E-state index contributed by atoms with van der Waals surface area (Å²) >= 11 is 0. The number of carbonyl (C=O) groups is 1. The minimum atomic E-state index is -0.548. The number of terminal acetylenes is 1. The zero-order valence-electron chi connectivity index (χ0n) is 24.1. The molecule has 5 aliphatic rings. The molecule has 43 heavy (non-hydrogen) atoms. The lowest BCUT2D eigenvalue weighted by Crippen LogP contribution is -2.52. The van der Waals surface area contributed by atoms with E-state index in [0.29, 0.717) is 53.8 Å². The van der Waals surface area contributed by atoms with E-state index in [0.717, 1.165) is 76.1 Å². The molecule has 0 unspecified atom stereocenters. The molecule has 4 fully saturated rings. The number of anilines is 2. The van der Waals surface area contributed by atoms with Gasteiger partial charge in [-0.25, -0.2) is 4.39 Å². The highest BCUT2D eigenvalue weighted by atomic mass is 19.1. The normalized spacial score (nSPS) is 24.3. The number of benzene rings is 2. The predicted molar refractivity (Wildman–Crippen MR) is 161 cm³/mol. The molecule has 0 radical (unpaired) electrons. The van der Waals surface area contributed by atoms with E-state index < -0.39 is 5.82 Å². The maximum atomic E-state index is 14.8. The zero-order chi connectivity index (χ0) is 29.3. The third kappa shape index (κ3) is 4.32. The summed E-state index contributed by atoms with van der Waals surface area (Å²) in [6.45, 7) is 4.63. The number of carbonyl (C=O) groups excluding carboxylic acids is 1. The van der Waals surface area contributed by atoms with Crippen LogP contribution >= 0.6 is 0 Å². The second-order valence-corrected chi connectivity index (χ2v) is 12.7. The SMILES string of the molecule is C#Cc1c(F)ccc2cc(O)cc(N3CCc4c(nc(OCC56CCCN5CCC6)nc4N4C[C@H]5CC[C@@H](C4)N5)C3=O)c12. The van der Waals surface area contributed by atoms with Crippen LogP contribution in [0.3, 0.4) is 0 Å². The van der Waals surface area contributed by atoms with Gasteiger partial charge in [0.2, 0.25) is 0 Å². The van der Waals surface area contributed by atoms with Crippen molar-refractivity contribution < 1.29 is 19.0 Å². The lowest BCUT2D eigenvalue weighted by atomic mass is 9.95. The van der Waals surface area contributed by atoms with Crippen molar-refractivity contribution in [3.63, 3.8) is 0 Å². The van der Waals surface area contributed by atoms with E-state index in [1.165, 1.54) is 18.2 Å². The summed E-state index contributed by atoms with van der Waals surface area (Å²) in [7, 11) is 0. The maximum Gasteiger partial charge on any atom is 0.319 e. The first-order valence-corrected chi connectivity index (χ1v) is 15.5. The number of fused-ring (bicyclic) bond motifs is 5. The number of phenolic OH excluding ortho intramolecular Hbond substituents is 1. The van der Waals surface area contributed by atoms with Gasteiger partial charge in [0.1, 0.15) is 29.7 Å². The van der Waals surface area contributed by atoms with Crippen LogP contribution in [-0.4, -0.2) is 82.8 Å². The third-order valence-electron chi connectivity index (χ3n) is 10.3. The topological polar surface area (TPSA) is 94.1 Å². The summed E-state index contributed by atoms with van der Waals surface area (Å²) in [5.41, 5.74) is 1.54. The Morgan fingerprint density at radius 2 is 1.88 bits per heavy atom. The van der Waals surface area contributed by atoms with Gasteiger partial charge in [-0.1, -0.05) is 12.0 Å². The van der Waals surface area contributed by atoms with E-state index in [-0.39, 0.29) is 28.8 Å². The number of halogens is 1. The van der Waals surface area contributed by atoms with Crippen LogP contribution in [0.2, 0.25) is 0 Å². The van der Waals surface area contributed by atoms with Crippen molar-refractivity contribution >= 4 is 28.2 Å². The Hall–Kier alpha value is -3.94. The molecular weight excluding hydrogens is 547 g/mol. The summed E-state index contributed by atoms with van der Waals surface area (Å²) in [5.74, 6) is 2.30.